The first-order valence-corrected chi connectivity index (χ1v) is 5.89. The first-order valence-electron chi connectivity index (χ1n) is 5.89. The average Bonchev–Trinajstić information content (AvgIpc) is 2.35. The molecule has 0 saturated carbocycles. The van der Waals surface area contributed by atoms with Crippen LogP contribution in [-0.2, 0) is 4.79 Å². The second-order valence-corrected chi connectivity index (χ2v) is 4.24. The number of carboxylic acids is 1. The Morgan fingerprint density at radius 1 is 1.28 bits per heavy atom. The minimum atomic E-state index is -0.810. The number of hydrogen-bond acceptors (Lipinski definition) is 2. The number of benzene rings is 1. The summed E-state index contributed by atoms with van der Waals surface area (Å²) in [5, 5.41) is 13.9. The zero-order valence-corrected chi connectivity index (χ0v) is 10.3. The molecule has 0 heterocycles. The number of anilines is 1. The number of para-hydroxylation sites is 1. The van der Waals surface area contributed by atoms with Crippen molar-refractivity contribution in [1.82, 2.24) is 5.32 Å². The van der Waals surface area contributed by atoms with E-state index in [9.17, 15) is 9.59 Å². The molecule has 5 nitrogen and oxygen atoms in total. The number of carbonyl (C=O) groups excluding carboxylic acids is 1. The first-order chi connectivity index (χ1) is 8.58. The minimum Gasteiger partial charge on any atom is -0.481 e. The van der Waals surface area contributed by atoms with E-state index in [1.54, 1.807) is 12.1 Å². The lowest BCUT2D eigenvalue weighted by molar-refractivity contribution is -0.137. The molecule has 1 aromatic rings. The predicted octanol–water partition coefficient (Wildman–Crippen LogP) is 2.31. The maximum Gasteiger partial charge on any atom is 0.319 e. The van der Waals surface area contributed by atoms with E-state index < -0.39 is 5.97 Å². The molecular formula is C13H18N2O3. The van der Waals surface area contributed by atoms with Crippen molar-refractivity contribution in [1.29, 1.82) is 0 Å². The number of carbonyl (C=O) groups is 2. The smallest absolute Gasteiger partial charge is 0.319 e. The van der Waals surface area contributed by atoms with E-state index in [0.29, 0.717) is 13.0 Å². The van der Waals surface area contributed by atoms with E-state index >= 15 is 0 Å². The Hall–Kier alpha value is -2.04. The lowest BCUT2D eigenvalue weighted by atomic mass is 10.1. The van der Waals surface area contributed by atoms with Gasteiger partial charge in [0.25, 0.3) is 0 Å². The summed E-state index contributed by atoms with van der Waals surface area (Å²) in [7, 11) is 0. The van der Waals surface area contributed by atoms with Crippen molar-refractivity contribution in [3.63, 3.8) is 0 Å². The number of urea groups is 1. The van der Waals surface area contributed by atoms with Crippen molar-refractivity contribution in [3.05, 3.63) is 30.3 Å². The van der Waals surface area contributed by atoms with Crippen LogP contribution in [0.1, 0.15) is 19.8 Å². The summed E-state index contributed by atoms with van der Waals surface area (Å²) in [6.07, 6.45) is 0.685. The van der Waals surface area contributed by atoms with E-state index in [4.69, 9.17) is 5.11 Å². The molecule has 1 rings (SSSR count). The fraction of sp³-hybridized carbons (Fsp3) is 0.385. The summed E-state index contributed by atoms with van der Waals surface area (Å²) in [5.41, 5.74) is 0.730. The third-order valence-electron chi connectivity index (χ3n) is 2.49. The maximum absolute atomic E-state index is 11.5. The van der Waals surface area contributed by atoms with Gasteiger partial charge in [-0.25, -0.2) is 4.79 Å². The molecule has 0 spiro atoms. The van der Waals surface area contributed by atoms with Gasteiger partial charge in [0.1, 0.15) is 0 Å². The highest BCUT2D eigenvalue weighted by molar-refractivity contribution is 5.89. The number of hydrogen-bond donors (Lipinski definition) is 3. The highest BCUT2D eigenvalue weighted by Gasteiger charge is 2.07. The van der Waals surface area contributed by atoms with E-state index in [0.717, 1.165) is 5.69 Å². The second kappa shape index (κ2) is 7.32. The van der Waals surface area contributed by atoms with Gasteiger partial charge in [0.2, 0.25) is 0 Å². The zero-order chi connectivity index (χ0) is 13.4. The van der Waals surface area contributed by atoms with Crippen LogP contribution in [0.15, 0.2) is 30.3 Å². The van der Waals surface area contributed by atoms with Crippen LogP contribution in [0.5, 0.6) is 0 Å². The van der Waals surface area contributed by atoms with Crippen LogP contribution in [0.2, 0.25) is 0 Å². The number of carboxylic acid groups (broad SMARTS) is 1. The summed E-state index contributed by atoms with van der Waals surface area (Å²) in [4.78, 5) is 21.9. The Kier molecular flexibility index (Phi) is 5.70. The van der Waals surface area contributed by atoms with Gasteiger partial charge in [0.15, 0.2) is 0 Å². The molecule has 0 radical (unpaired) electrons. The minimum absolute atomic E-state index is 0.128. The Morgan fingerprint density at radius 2 is 1.94 bits per heavy atom. The van der Waals surface area contributed by atoms with E-state index in [-0.39, 0.29) is 18.4 Å². The van der Waals surface area contributed by atoms with E-state index in [1.165, 1.54) is 0 Å². The van der Waals surface area contributed by atoms with Gasteiger partial charge in [-0.2, -0.15) is 0 Å². The fourth-order valence-corrected chi connectivity index (χ4v) is 1.44. The van der Waals surface area contributed by atoms with Crippen LogP contribution < -0.4 is 10.6 Å². The number of aliphatic carboxylic acids is 1. The van der Waals surface area contributed by atoms with Crippen LogP contribution in [0.25, 0.3) is 0 Å². The molecule has 0 aliphatic heterocycles. The van der Waals surface area contributed by atoms with Crippen molar-refractivity contribution in [2.75, 3.05) is 11.9 Å². The summed E-state index contributed by atoms with van der Waals surface area (Å²) in [5.74, 6) is -0.668. The zero-order valence-electron chi connectivity index (χ0n) is 10.3. The Bertz CT molecular complexity index is 392. The molecule has 0 aliphatic rings. The molecule has 98 valence electrons. The summed E-state index contributed by atoms with van der Waals surface area (Å²) >= 11 is 0. The van der Waals surface area contributed by atoms with E-state index in [1.807, 2.05) is 25.1 Å². The summed E-state index contributed by atoms with van der Waals surface area (Å²) in [6.45, 7) is 2.37. The van der Waals surface area contributed by atoms with Crippen LogP contribution in [0.4, 0.5) is 10.5 Å². The highest BCUT2D eigenvalue weighted by atomic mass is 16.4. The SMILES string of the molecule is CC(CCC(=O)O)CNC(=O)Nc1ccccc1. The molecule has 1 aromatic carbocycles. The molecule has 1 atom stereocenters. The quantitative estimate of drug-likeness (QED) is 0.725. The van der Waals surface area contributed by atoms with Gasteiger partial charge in [-0.05, 0) is 24.5 Å². The first kappa shape index (κ1) is 14.0. The predicted molar refractivity (Wildman–Crippen MR) is 69.5 cm³/mol. The van der Waals surface area contributed by atoms with Gasteiger partial charge in [0, 0.05) is 18.7 Å². The number of amides is 2. The van der Waals surface area contributed by atoms with Gasteiger partial charge in [0.05, 0.1) is 0 Å². The van der Waals surface area contributed by atoms with Crippen molar-refractivity contribution in [3.8, 4) is 0 Å². The highest BCUT2D eigenvalue weighted by Crippen LogP contribution is 2.06. The lowest BCUT2D eigenvalue weighted by Crippen LogP contribution is -2.32. The van der Waals surface area contributed by atoms with Gasteiger partial charge in [-0.1, -0.05) is 25.1 Å². The molecule has 0 fully saturated rings. The van der Waals surface area contributed by atoms with Crippen molar-refractivity contribution < 1.29 is 14.7 Å². The molecule has 0 aliphatic carbocycles. The summed E-state index contributed by atoms with van der Waals surface area (Å²) in [6, 6.07) is 8.87. The van der Waals surface area contributed by atoms with Crippen molar-refractivity contribution in [2.45, 2.75) is 19.8 Å². The maximum atomic E-state index is 11.5. The van der Waals surface area contributed by atoms with Gasteiger partial charge in [-0.15, -0.1) is 0 Å². The molecule has 1 unspecified atom stereocenters. The standard InChI is InChI=1S/C13H18N2O3/c1-10(7-8-12(16)17)9-14-13(18)15-11-5-3-2-4-6-11/h2-6,10H,7-9H2,1H3,(H,16,17)(H2,14,15,18). The Balaban J connectivity index is 2.23. The monoisotopic (exact) mass is 250 g/mol. The molecule has 0 saturated heterocycles. The normalized spacial score (nSPS) is 11.6. The van der Waals surface area contributed by atoms with Gasteiger partial charge >= 0.3 is 12.0 Å². The van der Waals surface area contributed by atoms with Crippen LogP contribution in [0.3, 0.4) is 0 Å². The average molecular weight is 250 g/mol. The molecular weight excluding hydrogens is 232 g/mol. The van der Waals surface area contributed by atoms with Crippen LogP contribution in [-0.4, -0.2) is 23.7 Å². The molecule has 0 aromatic heterocycles. The van der Waals surface area contributed by atoms with Crippen LogP contribution in [0, 0.1) is 5.92 Å². The Morgan fingerprint density at radius 3 is 2.56 bits per heavy atom. The fourth-order valence-electron chi connectivity index (χ4n) is 1.44. The van der Waals surface area contributed by atoms with Crippen molar-refractivity contribution >= 4 is 17.7 Å². The molecule has 18 heavy (non-hydrogen) atoms. The largest absolute Gasteiger partial charge is 0.481 e. The number of nitrogens with one attached hydrogen (secondary N) is 2. The molecule has 3 N–H and O–H groups in total. The topological polar surface area (TPSA) is 78.4 Å². The van der Waals surface area contributed by atoms with E-state index in [2.05, 4.69) is 10.6 Å². The van der Waals surface area contributed by atoms with Gasteiger partial charge in [-0.3, -0.25) is 4.79 Å². The van der Waals surface area contributed by atoms with Gasteiger partial charge < -0.3 is 15.7 Å². The summed E-state index contributed by atoms with van der Waals surface area (Å²) < 4.78 is 0. The van der Waals surface area contributed by atoms with Crippen LogP contribution >= 0.6 is 0 Å². The third kappa shape index (κ3) is 5.89. The third-order valence-corrected chi connectivity index (χ3v) is 2.49. The number of rotatable bonds is 6. The molecule has 2 amide bonds. The molecule has 0 bridgehead atoms. The second-order valence-electron chi connectivity index (χ2n) is 4.24. The molecule has 5 heteroatoms. The van der Waals surface area contributed by atoms with Crippen molar-refractivity contribution in [2.24, 2.45) is 5.92 Å². The Labute approximate surface area is 106 Å². The lowest BCUT2D eigenvalue weighted by Gasteiger charge is -2.12.